The van der Waals surface area contributed by atoms with Crippen LogP contribution in [-0.4, -0.2) is 33.3 Å². The number of aromatic nitrogens is 2. The fraction of sp³-hybridized carbons (Fsp3) is 0.786. The van der Waals surface area contributed by atoms with Crippen LogP contribution in [0.5, 0.6) is 0 Å². The van der Waals surface area contributed by atoms with Crippen molar-refractivity contribution in [3.63, 3.8) is 0 Å². The molecule has 1 aliphatic heterocycles. The van der Waals surface area contributed by atoms with Crippen LogP contribution in [0.1, 0.15) is 45.2 Å². The van der Waals surface area contributed by atoms with Crippen LogP contribution in [0, 0.1) is 17.0 Å². The molecule has 7 nitrogen and oxygen atoms in total. The molecule has 0 aromatic carbocycles. The van der Waals surface area contributed by atoms with Crippen molar-refractivity contribution in [2.75, 3.05) is 11.4 Å². The first kappa shape index (κ1) is 15.8. The smallest absolute Gasteiger partial charge is 0.333 e. The molecule has 1 fully saturated rings. The van der Waals surface area contributed by atoms with Gasteiger partial charge in [0.1, 0.15) is 5.69 Å². The van der Waals surface area contributed by atoms with Gasteiger partial charge < -0.3 is 10.6 Å². The third-order valence-corrected chi connectivity index (χ3v) is 4.23. The van der Waals surface area contributed by atoms with Gasteiger partial charge in [0.15, 0.2) is 0 Å². The van der Waals surface area contributed by atoms with Crippen LogP contribution in [0.3, 0.4) is 0 Å². The maximum Gasteiger partial charge on any atom is 0.333 e. The van der Waals surface area contributed by atoms with Crippen LogP contribution in [0.2, 0.25) is 0 Å². The molecule has 0 aliphatic carbocycles. The molecular formula is C14H25N5O2. The van der Waals surface area contributed by atoms with Crippen molar-refractivity contribution in [3.8, 4) is 0 Å². The summed E-state index contributed by atoms with van der Waals surface area (Å²) in [6.07, 6.45) is 4.02. The Bertz CT molecular complexity index is 514. The summed E-state index contributed by atoms with van der Waals surface area (Å²) >= 11 is 0. The highest BCUT2D eigenvalue weighted by molar-refractivity contribution is 5.62. The van der Waals surface area contributed by atoms with Gasteiger partial charge in [-0.05, 0) is 39.5 Å². The molecule has 1 aromatic heterocycles. The van der Waals surface area contributed by atoms with Crippen LogP contribution in [0.15, 0.2) is 0 Å². The molecule has 2 heterocycles. The van der Waals surface area contributed by atoms with E-state index < -0.39 is 0 Å². The van der Waals surface area contributed by atoms with Crippen molar-refractivity contribution in [3.05, 3.63) is 15.8 Å². The molecule has 2 atom stereocenters. The lowest BCUT2D eigenvalue weighted by molar-refractivity contribution is -0.384. The van der Waals surface area contributed by atoms with Gasteiger partial charge in [0, 0.05) is 25.2 Å². The minimum Gasteiger partial charge on any atom is -0.344 e. The average molecular weight is 295 g/mol. The van der Waals surface area contributed by atoms with Crippen LogP contribution >= 0.6 is 0 Å². The summed E-state index contributed by atoms with van der Waals surface area (Å²) in [5.74, 6) is 0.641. The number of anilines is 1. The summed E-state index contributed by atoms with van der Waals surface area (Å²) in [4.78, 5) is 13.3. The number of hydrogen-bond acceptors (Lipinski definition) is 5. The fourth-order valence-electron chi connectivity index (χ4n) is 3.30. The molecule has 2 rings (SSSR count). The van der Waals surface area contributed by atoms with Crippen molar-refractivity contribution in [1.29, 1.82) is 0 Å². The van der Waals surface area contributed by atoms with Gasteiger partial charge in [-0.25, -0.2) is 4.68 Å². The molecule has 2 N–H and O–H groups in total. The Morgan fingerprint density at radius 3 is 2.76 bits per heavy atom. The van der Waals surface area contributed by atoms with E-state index in [9.17, 15) is 10.1 Å². The second kappa shape index (κ2) is 6.43. The molecule has 0 radical (unpaired) electrons. The van der Waals surface area contributed by atoms with Gasteiger partial charge in [0.25, 0.3) is 0 Å². The third-order valence-electron chi connectivity index (χ3n) is 4.23. The molecule has 118 valence electrons. The van der Waals surface area contributed by atoms with Crippen molar-refractivity contribution < 1.29 is 4.92 Å². The Labute approximate surface area is 125 Å². The van der Waals surface area contributed by atoms with E-state index in [1.165, 1.54) is 0 Å². The summed E-state index contributed by atoms with van der Waals surface area (Å²) in [5.41, 5.74) is 6.53. The van der Waals surface area contributed by atoms with Crippen LogP contribution in [-0.2, 0) is 6.54 Å². The summed E-state index contributed by atoms with van der Waals surface area (Å²) in [5, 5.41) is 15.9. The first-order chi connectivity index (χ1) is 10.0. The highest BCUT2D eigenvalue weighted by Gasteiger charge is 2.36. The van der Waals surface area contributed by atoms with Crippen LogP contribution in [0.25, 0.3) is 0 Å². The molecule has 1 saturated heterocycles. The number of piperidine rings is 1. The number of nitrogens with two attached hydrogens (primary N) is 1. The molecule has 7 heteroatoms. The molecule has 0 saturated carbocycles. The number of hydrogen-bond donors (Lipinski definition) is 1. The van der Waals surface area contributed by atoms with E-state index in [-0.39, 0.29) is 22.7 Å². The quantitative estimate of drug-likeness (QED) is 0.664. The Kier molecular flexibility index (Phi) is 4.82. The number of aryl methyl sites for hydroxylation is 2. The highest BCUT2D eigenvalue weighted by atomic mass is 16.6. The van der Waals surface area contributed by atoms with E-state index in [1.807, 2.05) is 6.92 Å². The van der Waals surface area contributed by atoms with Crippen LogP contribution < -0.4 is 10.6 Å². The van der Waals surface area contributed by atoms with Crippen molar-refractivity contribution in [2.45, 2.75) is 65.1 Å². The molecule has 0 amide bonds. The Morgan fingerprint density at radius 2 is 2.19 bits per heavy atom. The van der Waals surface area contributed by atoms with E-state index in [4.69, 9.17) is 5.73 Å². The monoisotopic (exact) mass is 295 g/mol. The maximum absolute atomic E-state index is 11.5. The summed E-state index contributed by atoms with van der Waals surface area (Å²) < 4.78 is 1.79. The first-order valence-electron chi connectivity index (χ1n) is 7.71. The lowest BCUT2D eigenvalue weighted by atomic mass is 9.96. The topological polar surface area (TPSA) is 90.2 Å². The van der Waals surface area contributed by atoms with Crippen molar-refractivity contribution in [2.24, 2.45) is 5.73 Å². The zero-order valence-electron chi connectivity index (χ0n) is 13.1. The van der Waals surface area contributed by atoms with Crippen LogP contribution in [0.4, 0.5) is 11.5 Å². The minimum absolute atomic E-state index is 0.135. The predicted octanol–water partition coefficient (Wildman–Crippen LogP) is 2.22. The molecule has 21 heavy (non-hydrogen) atoms. The SMILES string of the molecule is CCCn1nc(C)c([N+](=O)[O-])c1N1C(C)CCCC1CN. The highest BCUT2D eigenvalue weighted by Crippen LogP contribution is 2.37. The number of rotatable bonds is 5. The predicted molar refractivity (Wildman–Crippen MR) is 82.5 cm³/mol. The van der Waals surface area contributed by atoms with Gasteiger partial charge in [-0.15, -0.1) is 0 Å². The lowest BCUT2D eigenvalue weighted by Crippen LogP contribution is -2.50. The molecule has 0 bridgehead atoms. The van der Waals surface area contributed by atoms with Gasteiger partial charge >= 0.3 is 5.69 Å². The zero-order chi connectivity index (χ0) is 15.6. The van der Waals surface area contributed by atoms with Gasteiger partial charge in [0.2, 0.25) is 5.82 Å². The molecule has 2 unspecified atom stereocenters. The Balaban J connectivity index is 2.55. The summed E-state index contributed by atoms with van der Waals surface area (Å²) in [6, 6.07) is 0.400. The largest absolute Gasteiger partial charge is 0.344 e. The average Bonchev–Trinajstić information content (AvgIpc) is 2.75. The first-order valence-corrected chi connectivity index (χ1v) is 7.71. The fourth-order valence-corrected chi connectivity index (χ4v) is 3.30. The van der Waals surface area contributed by atoms with E-state index in [0.29, 0.717) is 24.6 Å². The van der Waals surface area contributed by atoms with E-state index >= 15 is 0 Å². The number of nitro groups is 1. The van der Waals surface area contributed by atoms with E-state index in [1.54, 1.807) is 11.6 Å². The summed E-state index contributed by atoms with van der Waals surface area (Å²) in [6.45, 7) is 7.07. The molecule has 1 aliphatic rings. The second-order valence-electron chi connectivity index (χ2n) is 5.81. The Hall–Kier alpha value is -1.63. The van der Waals surface area contributed by atoms with Gasteiger partial charge in [-0.2, -0.15) is 5.10 Å². The Morgan fingerprint density at radius 1 is 1.48 bits per heavy atom. The zero-order valence-corrected chi connectivity index (χ0v) is 13.1. The maximum atomic E-state index is 11.5. The van der Waals surface area contributed by atoms with E-state index in [2.05, 4.69) is 16.9 Å². The van der Waals surface area contributed by atoms with E-state index in [0.717, 1.165) is 25.7 Å². The van der Waals surface area contributed by atoms with Gasteiger partial charge in [0.05, 0.1) is 4.92 Å². The minimum atomic E-state index is -0.307. The normalized spacial score (nSPS) is 22.6. The lowest BCUT2D eigenvalue weighted by Gasteiger charge is -2.41. The van der Waals surface area contributed by atoms with Crippen molar-refractivity contribution >= 4 is 11.5 Å². The van der Waals surface area contributed by atoms with Gasteiger partial charge in [-0.1, -0.05) is 6.92 Å². The molecule has 1 aromatic rings. The van der Waals surface area contributed by atoms with Crippen molar-refractivity contribution in [1.82, 2.24) is 9.78 Å². The van der Waals surface area contributed by atoms with Gasteiger partial charge in [-0.3, -0.25) is 10.1 Å². The molecular weight excluding hydrogens is 270 g/mol. The standard InChI is InChI=1S/C14H25N5O2/c1-4-8-17-14(13(19(20)21)11(3)16-17)18-10(2)6-5-7-12(18)9-15/h10,12H,4-9,15H2,1-3H3. The third kappa shape index (κ3) is 2.88. The molecule has 0 spiro atoms. The second-order valence-corrected chi connectivity index (χ2v) is 5.81. The number of nitrogens with zero attached hydrogens (tertiary/aromatic N) is 4. The summed E-state index contributed by atoms with van der Waals surface area (Å²) in [7, 11) is 0.